The molecule has 0 radical (unpaired) electrons. The van der Waals surface area contributed by atoms with E-state index < -0.39 is 5.97 Å². The van der Waals surface area contributed by atoms with Gasteiger partial charge in [-0.2, -0.15) is 5.10 Å². The number of benzene rings is 1. The fourth-order valence-corrected chi connectivity index (χ4v) is 2.29. The lowest BCUT2D eigenvalue weighted by Gasteiger charge is -2.08. The number of esters is 1. The second-order valence-corrected chi connectivity index (χ2v) is 4.66. The van der Waals surface area contributed by atoms with E-state index in [-0.39, 0.29) is 24.7 Å². The predicted molar refractivity (Wildman–Crippen MR) is 79.6 cm³/mol. The van der Waals surface area contributed by atoms with E-state index in [9.17, 15) is 9.18 Å². The zero-order valence-corrected chi connectivity index (χ0v) is 12.9. The fourth-order valence-electron chi connectivity index (χ4n) is 2.29. The molecule has 1 aromatic carbocycles. The molecule has 118 valence electrons. The van der Waals surface area contributed by atoms with Crippen molar-refractivity contribution in [3.8, 4) is 5.88 Å². The number of nitrogens with zero attached hydrogens (tertiary/aromatic N) is 2. The van der Waals surface area contributed by atoms with Gasteiger partial charge in [-0.1, -0.05) is 25.1 Å². The first kappa shape index (κ1) is 16.0. The summed E-state index contributed by atoms with van der Waals surface area (Å²) in [6, 6.07) is 6.44. The molecular weight excluding hydrogens is 287 g/mol. The molecule has 0 aliphatic carbocycles. The average molecular weight is 306 g/mol. The summed E-state index contributed by atoms with van der Waals surface area (Å²) in [5.41, 5.74) is 1.36. The summed E-state index contributed by atoms with van der Waals surface area (Å²) < 4.78 is 25.7. The summed E-state index contributed by atoms with van der Waals surface area (Å²) >= 11 is 0. The minimum absolute atomic E-state index is 0.183. The van der Waals surface area contributed by atoms with E-state index in [1.807, 2.05) is 6.92 Å². The lowest BCUT2D eigenvalue weighted by Crippen LogP contribution is -2.09. The molecule has 0 atom stereocenters. The molecule has 2 rings (SSSR count). The highest BCUT2D eigenvalue weighted by molar-refractivity contribution is 5.89. The molecular formula is C16H19FN2O3. The van der Waals surface area contributed by atoms with Crippen molar-refractivity contribution in [1.82, 2.24) is 9.78 Å². The monoisotopic (exact) mass is 306 g/mol. The molecule has 0 saturated carbocycles. The van der Waals surface area contributed by atoms with Crippen molar-refractivity contribution in [2.45, 2.75) is 26.8 Å². The third-order valence-corrected chi connectivity index (χ3v) is 3.29. The number of rotatable bonds is 6. The number of aromatic nitrogens is 2. The maximum absolute atomic E-state index is 13.8. The first-order valence-electron chi connectivity index (χ1n) is 7.16. The first-order chi connectivity index (χ1) is 10.6. The lowest BCUT2D eigenvalue weighted by atomic mass is 10.2. The third-order valence-electron chi connectivity index (χ3n) is 3.29. The van der Waals surface area contributed by atoms with E-state index in [0.717, 1.165) is 0 Å². The molecule has 0 spiro atoms. The van der Waals surface area contributed by atoms with Gasteiger partial charge in [-0.15, -0.1) is 0 Å². The van der Waals surface area contributed by atoms with Gasteiger partial charge in [-0.25, -0.2) is 13.9 Å². The average Bonchev–Trinajstić information content (AvgIpc) is 2.87. The van der Waals surface area contributed by atoms with E-state index in [4.69, 9.17) is 9.47 Å². The number of ether oxygens (including phenoxy) is 2. The predicted octanol–water partition coefficient (Wildman–Crippen LogP) is 2.82. The van der Waals surface area contributed by atoms with Crippen molar-refractivity contribution in [2.24, 2.45) is 0 Å². The summed E-state index contributed by atoms with van der Waals surface area (Å²) in [4.78, 5) is 12.0. The quantitative estimate of drug-likeness (QED) is 0.770. The lowest BCUT2D eigenvalue weighted by molar-refractivity contribution is 0.0517. The maximum atomic E-state index is 13.8. The van der Waals surface area contributed by atoms with Gasteiger partial charge in [0.05, 0.1) is 20.3 Å². The van der Waals surface area contributed by atoms with Crippen LogP contribution in [-0.4, -0.2) is 29.5 Å². The molecule has 5 nitrogen and oxygen atoms in total. The van der Waals surface area contributed by atoms with Crippen molar-refractivity contribution in [3.63, 3.8) is 0 Å². The molecule has 0 bridgehead atoms. The molecule has 1 heterocycles. The summed E-state index contributed by atoms with van der Waals surface area (Å²) in [6.45, 7) is 4.08. The van der Waals surface area contributed by atoms with Gasteiger partial charge in [0.15, 0.2) is 5.69 Å². The van der Waals surface area contributed by atoms with Crippen LogP contribution in [0.4, 0.5) is 4.39 Å². The first-order valence-corrected chi connectivity index (χ1v) is 7.16. The van der Waals surface area contributed by atoms with Gasteiger partial charge in [-0.05, 0) is 19.4 Å². The number of carbonyl (C=O) groups is 1. The van der Waals surface area contributed by atoms with Crippen molar-refractivity contribution in [3.05, 3.63) is 46.9 Å². The molecule has 2 aromatic rings. The summed E-state index contributed by atoms with van der Waals surface area (Å²) in [6.07, 6.45) is 0.564. The Kier molecular flexibility index (Phi) is 5.14. The van der Waals surface area contributed by atoms with Gasteiger partial charge in [0.2, 0.25) is 5.88 Å². The Morgan fingerprint density at radius 2 is 2.05 bits per heavy atom. The van der Waals surface area contributed by atoms with Crippen LogP contribution in [0.25, 0.3) is 0 Å². The van der Waals surface area contributed by atoms with Gasteiger partial charge in [0, 0.05) is 11.1 Å². The molecule has 0 saturated heterocycles. The smallest absolute Gasteiger partial charge is 0.359 e. The standard InChI is InChI=1S/C16H19FN2O3/c1-4-12-14(16(20)22-5-2)18-19(15(12)21-3)10-11-8-6-7-9-13(11)17/h6-9H,4-5,10H2,1-3H3. The second-order valence-electron chi connectivity index (χ2n) is 4.66. The van der Waals surface area contributed by atoms with Crippen molar-refractivity contribution in [1.29, 1.82) is 0 Å². The van der Waals surface area contributed by atoms with Gasteiger partial charge in [0.25, 0.3) is 0 Å². The molecule has 0 fully saturated rings. The molecule has 0 aliphatic heterocycles. The maximum Gasteiger partial charge on any atom is 0.359 e. The highest BCUT2D eigenvalue weighted by Crippen LogP contribution is 2.25. The van der Waals surface area contributed by atoms with Gasteiger partial charge in [0.1, 0.15) is 5.82 Å². The molecule has 0 N–H and O–H groups in total. The summed E-state index contributed by atoms with van der Waals surface area (Å²) in [5.74, 6) is -0.366. The van der Waals surface area contributed by atoms with Crippen LogP contribution in [0.1, 0.15) is 35.5 Å². The Balaban J connectivity index is 2.43. The van der Waals surface area contributed by atoms with Crippen molar-refractivity contribution >= 4 is 5.97 Å². The summed E-state index contributed by atoms with van der Waals surface area (Å²) in [7, 11) is 1.50. The van der Waals surface area contributed by atoms with Crippen LogP contribution in [0.2, 0.25) is 0 Å². The van der Waals surface area contributed by atoms with E-state index >= 15 is 0 Å². The Bertz CT molecular complexity index is 667. The molecule has 22 heavy (non-hydrogen) atoms. The number of methoxy groups -OCH3 is 1. The minimum atomic E-state index is -0.495. The molecule has 6 heteroatoms. The number of hydrogen-bond acceptors (Lipinski definition) is 4. The van der Waals surface area contributed by atoms with Crippen LogP contribution in [0.3, 0.4) is 0 Å². The summed E-state index contributed by atoms with van der Waals surface area (Å²) in [5, 5.41) is 4.26. The Morgan fingerprint density at radius 3 is 2.64 bits per heavy atom. The van der Waals surface area contributed by atoms with Crippen molar-refractivity contribution in [2.75, 3.05) is 13.7 Å². The van der Waals surface area contributed by atoms with Crippen LogP contribution in [-0.2, 0) is 17.7 Å². The Labute approximate surface area is 128 Å². The van der Waals surface area contributed by atoms with Gasteiger partial charge >= 0.3 is 5.97 Å². The number of hydrogen-bond donors (Lipinski definition) is 0. The topological polar surface area (TPSA) is 53.3 Å². The van der Waals surface area contributed by atoms with Gasteiger partial charge < -0.3 is 9.47 Å². The zero-order valence-electron chi connectivity index (χ0n) is 12.9. The Hall–Kier alpha value is -2.37. The normalized spacial score (nSPS) is 10.5. The largest absolute Gasteiger partial charge is 0.481 e. The SMILES string of the molecule is CCOC(=O)c1nn(Cc2ccccc2F)c(OC)c1CC. The highest BCUT2D eigenvalue weighted by Gasteiger charge is 2.24. The van der Waals surface area contributed by atoms with E-state index in [0.29, 0.717) is 23.4 Å². The van der Waals surface area contributed by atoms with E-state index in [1.165, 1.54) is 17.9 Å². The number of halogens is 1. The van der Waals surface area contributed by atoms with Crippen LogP contribution >= 0.6 is 0 Å². The van der Waals surface area contributed by atoms with Crippen LogP contribution < -0.4 is 4.74 Å². The van der Waals surface area contributed by atoms with E-state index in [2.05, 4.69) is 5.10 Å². The molecule has 0 aliphatic rings. The zero-order chi connectivity index (χ0) is 16.1. The third kappa shape index (κ3) is 3.10. The molecule has 1 aromatic heterocycles. The number of carbonyl (C=O) groups excluding carboxylic acids is 1. The van der Waals surface area contributed by atoms with Crippen LogP contribution in [0, 0.1) is 5.82 Å². The minimum Gasteiger partial charge on any atom is -0.481 e. The fraction of sp³-hybridized carbons (Fsp3) is 0.375. The highest BCUT2D eigenvalue weighted by atomic mass is 19.1. The Morgan fingerprint density at radius 1 is 1.32 bits per heavy atom. The molecule has 0 unspecified atom stereocenters. The second kappa shape index (κ2) is 7.06. The van der Waals surface area contributed by atoms with Crippen molar-refractivity contribution < 1.29 is 18.7 Å². The van der Waals surface area contributed by atoms with E-state index in [1.54, 1.807) is 25.1 Å². The van der Waals surface area contributed by atoms with Gasteiger partial charge in [-0.3, -0.25) is 0 Å². The molecule has 0 amide bonds. The van der Waals surface area contributed by atoms with Crippen LogP contribution in [0.15, 0.2) is 24.3 Å². The van der Waals surface area contributed by atoms with Crippen LogP contribution in [0.5, 0.6) is 5.88 Å².